The van der Waals surface area contributed by atoms with Crippen molar-refractivity contribution in [2.45, 2.75) is 26.4 Å². The smallest absolute Gasteiger partial charge is 0.242 e. The van der Waals surface area contributed by atoms with Crippen molar-refractivity contribution in [3.63, 3.8) is 0 Å². The number of rotatable bonds is 5. The van der Waals surface area contributed by atoms with Crippen LogP contribution in [-0.4, -0.2) is 29.1 Å². The van der Waals surface area contributed by atoms with Gasteiger partial charge in [-0.1, -0.05) is 17.3 Å². The maximum atomic E-state index is 12.9. The zero-order chi connectivity index (χ0) is 15.4. The summed E-state index contributed by atoms with van der Waals surface area (Å²) in [5.41, 5.74) is 0.941. The number of hydrogen-bond donors (Lipinski definition) is 1. The van der Waals surface area contributed by atoms with E-state index in [0.717, 1.165) is 5.56 Å². The van der Waals surface area contributed by atoms with Crippen molar-refractivity contribution in [2.75, 3.05) is 12.4 Å². The van der Waals surface area contributed by atoms with Gasteiger partial charge in [-0.05, 0) is 38.6 Å². The molecular formula is C15H18FN3O2. The topological polar surface area (TPSA) is 58.4 Å². The van der Waals surface area contributed by atoms with Gasteiger partial charge in [-0.2, -0.15) is 0 Å². The van der Waals surface area contributed by atoms with Crippen LogP contribution in [0.2, 0.25) is 0 Å². The number of carbonyl (C=O) groups is 1. The molecule has 5 nitrogen and oxygen atoms in total. The molecular weight excluding hydrogens is 273 g/mol. The summed E-state index contributed by atoms with van der Waals surface area (Å²) in [6.45, 7) is 4.10. The number of anilines is 1. The third-order valence-corrected chi connectivity index (χ3v) is 3.27. The molecule has 0 aliphatic carbocycles. The molecule has 0 spiro atoms. The van der Waals surface area contributed by atoms with Gasteiger partial charge in [0, 0.05) is 12.6 Å². The summed E-state index contributed by atoms with van der Waals surface area (Å²) in [6, 6.07) is 7.53. The highest BCUT2D eigenvalue weighted by molar-refractivity contribution is 5.93. The van der Waals surface area contributed by atoms with Crippen LogP contribution in [0.15, 0.2) is 34.9 Å². The number of halogens is 1. The number of amides is 1. The third kappa shape index (κ3) is 4.13. The first kappa shape index (κ1) is 15.2. The Morgan fingerprint density at radius 3 is 2.67 bits per heavy atom. The molecule has 1 unspecified atom stereocenters. The lowest BCUT2D eigenvalue weighted by Gasteiger charge is -2.23. The monoisotopic (exact) mass is 291 g/mol. The number of carbonyl (C=O) groups excluding carboxylic acids is 1. The molecule has 0 saturated carbocycles. The van der Waals surface area contributed by atoms with Gasteiger partial charge in [-0.25, -0.2) is 4.39 Å². The highest BCUT2D eigenvalue weighted by Gasteiger charge is 2.19. The normalized spacial score (nSPS) is 12.4. The van der Waals surface area contributed by atoms with E-state index in [-0.39, 0.29) is 17.8 Å². The largest absolute Gasteiger partial charge is 0.360 e. The van der Waals surface area contributed by atoms with Crippen LogP contribution in [0.5, 0.6) is 0 Å². The minimum Gasteiger partial charge on any atom is -0.360 e. The zero-order valence-electron chi connectivity index (χ0n) is 12.3. The standard InChI is InChI=1S/C15H18FN3O2/c1-10-8-14(18-21-10)17-15(20)11(2)19(3)9-12-4-6-13(16)7-5-12/h4-8,11H,9H2,1-3H3,(H,17,18,20). The molecule has 1 atom stereocenters. The van der Waals surface area contributed by atoms with Crippen LogP contribution in [-0.2, 0) is 11.3 Å². The molecule has 0 aliphatic rings. The Bertz CT molecular complexity index is 610. The predicted octanol–water partition coefficient (Wildman–Crippen LogP) is 2.58. The fourth-order valence-electron chi connectivity index (χ4n) is 1.87. The Labute approximate surface area is 122 Å². The third-order valence-electron chi connectivity index (χ3n) is 3.27. The van der Waals surface area contributed by atoms with Crippen molar-refractivity contribution in [3.8, 4) is 0 Å². The molecule has 112 valence electrons. The summed E-state index contributed by atoms with van der Waals surface area (Å²) in [7, 11) is 1.83. The van der Waals surface area contributed by atoms with Crippen molar-refractivity contribution < 1.29 is 13.7 Å². The van der Waals surface area contributed by atoms with E-state index in [9.17, 15) is 9.18 Å². The first-order valence-corrected chi connectivity index (χ1v) is 6.64. The number of aromatic nitrogens is 1. The highest BCUT2D eigenvalue weighted by Crippen LogP contribution is 2.11. The Balaban J connectivity index is 1.93. The van der Waals surface area contributed by atoms with Gasteiger partial charge in [0.15, 0.2) is 5.82 Å². The number of nitrogens with zero attached hydrogens (tertiary/aromatic N) is 2. The van der Waals surface area contributed by atoms with E-state index < -0.39 is 0 Å². The number of hydrogen-bond acceptors (Lipinski definition) is 4. The van der Waals surface area contributed by atoms with Gasteiger partial charge in [0.05, 0.1) is 6.04 Å². The summed E-state index contributed by atoms with van der Waals surface area (Å²) < 4.78 is 17.8. The quantitative estimate of drug-likeness (QED) is 0.920. The van der Waals surface area contributed by atoms with Gasteiger partial charge < -0.3 is 9.84 Å². The molecule has 1 N–H and O–H groups in total. The van der Waals surface area contributed by atoms with Crippen LogP contribution in [0.1, 0.15) is 18.2 Å². The van der Waals surface area contributed by atoms with Gasteiger partial charge in [0.1, 0.15) is 11.6 Å². The van der Waals surface area contributed by atoms with Crippen LogP contribution in [0.25, 0.3) is 0 Å². The maximum Gasteiger partial charge on any atom is 0.242 e. The van der Waals surface area contributed by atoms with Crippen LogP contribution in [0.3, 0.4) is 0 Å². The molecule has 0 aliphatic heterocycles. The molecule has 1 aromatic carbocycles. The number of benzene rings is 1. The maximum absolute atomic E-state index is 12.9. The van der Waals surface area contributed by atoms with E-state index in [2.05, 4.69) is 10.5 Å². The second-order valence-electron chi connectivity index (χ2n) is 5.03. The molecule has 2 aromatic rings. The van der Waals surface area contributed by atoms with Crippen molar-refractivity contribution >= 4 is 11.7 Å². The average molecular weight is 291 g/mol. The second-order valence-corrected chi connectivity index (χ2v) is 5.03. The summed E-state index contributed by atoms with van der Waals surface area (Å²) in [5.74, 6) is 0.596. The lowest BCUT2D eigenvalue weighted by atomic mass is 10.2. The van der Waals surface area contributed by atoms with Crippen LogP contribution < -0.4 is 5.32 Å². The Morgan fingerprint density at radius 2 is 2.10 bits per heavy atom. The highest BCUT2D eigenvalue weighted by atomic mass is 19.1. The SMILES string of the molecule is Cc1cc(NC(=O)C(C)N(C)Cc2ccc(F)cc2)no1. The van der Waals surface area contributed by atoms with Crippen molar-refractivity contribution in [1.82, 2.24) is 10.1 Å². The van der Waals surface area contributed by atoms with E-state index in [0.29, 0.717) is 18.1 Å². The van der Waals surface area contributed by atoms with Gasteiger partial charge in [0.2, 0.25) is 5.91 Å². The van der Waals surface area contributed by atoms with E-state index in [4.69, 9.17) is 4.52 Å². The first-order valence-electron chi connectivity index (χ1n) is 6.64. The van der Waals surface area contributed by atoms with Crippen LogP contribution >= 0.6 is 0 Å². The van der Waals surface area contributed by atoms with E-state index in [1.807, 2.05) is 11.9 Å². The Hall–Kier alpha value is -2.21. The van der Waals surface area contributed by atoms with Crippen molar-refractivity contribution in [3.05, 3.63) is 47.5 Å². The summed E-state index contributed by atoms with van der Waals surface area (Å²) in [4.78, 5) is 14.0. The summed E-state index contributed by atoms with van der Waals surface area (Å²) >= 11 is 0. The van der Waals surface area contributed by atoms with E-state index in [1.165, 1.54) is 12.1 Å². The second kappa shape index (κ2) is 6.49. The minimum absolute atomic E-state index is 0.173. The predicted molar refractivity (Wildman–Crippen MR) is 77.2 cm³/mol. The number of nitrogens with one attached hydrogen (secondary N) is 1. The molecule has 0 saturated heterocycles. The molecule has 0 fully saturated rings. The lowest BCUT2D eigenvalue weighted by molar-refractivity contribution is -0.120. The molecule has 6 heteroatoms. The zero-order valence-corrected chi connectivity index (χ0v) is 12.3. The van der Waals surface area contributed by atoms with Gasteiger partial charge >= 0.3 is 0 Å². The van der Waals surface area contributed by atoms with Gasteiger partial charge in [-0.15, -0.1) is 0 Å². The average Bonchev–Trinajstić information content (AvgIpc) is 2.85. The van der Waals surface area contributed by atoms with E-state index >= 15 is 0 Å². The lowest BCUT2D eigenvalue weighted by Crippen LogP contribution is -2.39. The van der Waals surface area contributed by atoms with Gasteiger partial charge in [0.25, 0.3) is 0 Å². The number of likely N-dealkylation sites (N-methyl/N-ethyl adjacent to an activating group) is 1. The van der Waals surface area contributed by atoms with Crippen LogP contribution in [0.4, 0.5) is 10.2 Å². The van der Waals surface area contributed by atoms with Crippen molar-refractivity contribution in [1.29, 1.82) is 0 Å². The molecule has 1 aromatic heterocycles. The molecule has 0 radical (unpaired) electrons. The van der Waals surface area contributed by atoms with Crippen molar-refractivity contribution in [2.24, 2.45) is 0 Å². The Morgan fingerprint density at radius 1 is 1.43 bits per heavy atom. The molecule has 0 bridgehead atoms. The summed E-state index contributed by atoms with van der Waals surface area (Å²) in [6.07, 6.45) is 0. The fourth-order valence-corrected chi connectivity index (χ4v) is 1.87. The fraction of sp³-hybridized carbons (Fsp3) is 0.333. The summed E-state index contributed by atoms with van der Waals surface area (Å²) in [5, 5.41) is 6.42. The van der Waals surface area contributed by atoms with E-state index in [1.54, 1.807) is 32.0 Å². The van der Waals surface area contributed by atoms with Gasteiger partial charge in [-0.3, -0.25) is 9.69 Å². The van der Waals surface area contributed by atoms with Crippen LogP contribution in [0, 0.1) is 12.7 Å². The molecule has 1 heterocycles. The Kier molecular flexibility index (Phi) is 4.70. The number of aryl methyl sites for hydroxylation is 1. The first-order chi connectivity index (χ1) is 9.95. The molecule has 1 amide bonds. The molecule has 21 heavy (non-hydrogen) atoms. The molecule has 2 rings (SSSR count). The minimum atomic E-state index is -0.355.